The van der Waals surface area contributed by atoms with Crippen molar-refractivity contribution in [3.05, 3.63) is 30.6 Å². The number of pyridine rings is 2. The number of anilines is 3. The summed E-state index contributed by atoms with van der Waals surface area (Å²) in [5, 5.41) is 18.7. The summed E-state index contributed by atoms with van der Waals surface area (Å²) in [5.74, 6) is 0.157. The van der Waals surface area contributed by atoms with Crippen LogP contribution in [0.3, 0.4) is 0 Å². The number of methoxy groups -OCH3 is 1. The fourth-order valence-electron chi connectivity index (χ4n) is 4.63. The topological polar surface area (TPSA) is 132 Å². The van der Waals surface area contributed by atoms with Crippen molar-refractivity contribution in [1.29, 1.82) is 0 Å². The maximum Gasteiger partial charge on any atom is 0.231 e. The van der Waals surface area contributed by atoms with Crippen LogP contribution in [0.15, 0.2) is 30.6 Å². The van der Waals surface area contributed by atoms with Gasteiger partial charge in [0.15, 0.2) is 23.1 Å². The molecule has 186 valence electrons. The number of carbonyl (C=O) groups is 1. The third kappa shape index (κ3) is 3.97. The molecule has 1 aliphatic heterocycles. The van der Waals surface area contributed by atoms with Gasteiger partial charge in [-0.25, -0.2) is 14.5 Å². The number of nitrogens with one attached hydrogen (secondary N) is 2. The summed E-state index contributed by atoms with van der Waals surface area (Å²) in [6, 6.07) is 5.51. The summed E-state index contributed by atoms with van der Waals surface area (Å²) < 4.78 is 35.3. The van der Waals surface area contributed by atoms with Crippen molar-refractivity contribution in [1.82, 2.24) is 29.8 Å². The van der Waals surface area contributed by atoms with Crippen LogP contribution in [0.4, 0.5) is 17.3 Å². The molecular weight excluding hydrogens is 462 g/mol. The molecule has 0 spiro atoms. The molecule has 0 unspecified atom stereocenters. The van der Waals surface area contributed by atoms with E-state index in [-0.39, 0.29) is 35.1 Å². The Bertz CT molecular complexity index is 1540. The minimum Gasteiger partial charge on any atom is -0.381 e. The Morgan fingerprint density at radius 3 is 2.92 bits per heavy atom. The Hall–Kier alpha value is -3.90. The first-order valence-corrected chi connectivity index (χ1v) is 11.8. The molecule has 6 rings (SSSR count). The molecule has 1 saturated heterocycles. The monoisotopic (exact) mass is 492 g/mol. The molecule has 2 atom stereocenters. The lowest BCUT2D eigenvalue weighted by molar-refractivity contribution is -0.130. The molecule has 1 aliphatic carbocycles. The lowest BCUT2D eigenvalue weighted by Crippen LogP contribution is -2.42. The molecule has 0 bridgehead atoms. The zero-order valence-electron chi connectivity index (χ0n) is 22.6. The van der Waals surface area contributed by atoms with Gasteiger partial charge in [-0.05, 0) is 31.0 Å². The van der Waals surface area contributed by atoms with Gasteiger partial charge < -0.3 is 25.0 Å². The zero-order valence-corrected chi connectivity index (χ0v) is 19.6. The number of morpholine rings is 1. The highest BCUT2D eigenvalue weighted by molar-refractivity contribution is 6.01. The third-order valence-corrected chi connectivity index (χ3v) is 6.78. The zero-order chi connectivity index (χ0) is 27.1. The molecule has 4 aromatic heterocycles. The first-order chi connectivity index (χ1) is 18.8. The predicted molar refractivity (Wildman–Crippen MR) is 134 cm³/mol. The number of ether oxygens (including phenoxy) is 2. The molecule has 2 N–H and O–H groups in total. The highest BCUT2D eigenvalue weighted by Crippen LogP contribution is 2.33. The van der Waals surface area contributed by atoms with E-state index in [9.17, 15) is 4.79 Å². The smallest absolute Gasteiger partial charge is 0.231 e. The van der Waals surface area contributed by atoms with Crippen LogP contribution in [0.5, 0.6) is 0 Å². The van der Waals surface area contributed by atoms with E-state index in [0.717, 1.165) is 31.6 Å². The van der Waals surface area contributed by atoms with Gasteiger partial charge in [0.1, 0.15) is 5.52 Å². The second-order valence-electron chi connectivity index (χ2n) is 8.81. The van der Waals surface area contributed by atoms with Crippen molar-refractivity contribution < 1.29 is 18.4 Å². The van der Waals surface area contributed by atoms with Gasteiger partial charge in [0.05, 0.1) is 37.1 Å². The Morgan fingerprint density at radius 1 is 1.25 bits per heavy atom. The predicted octanol–water partition coefficient (Wildman–Crippen LogP) is 1.98. The standard InChI is InChI=1S/C24H27N9O3/c1-25-23-21-16(11-19(29-30-21)27-24(34)15-4-5-18(15)35-2)17(12-26-23)22-28-20-6-3-14(13-33(20)31-22)32-7-9-36-10-8-32/h3,6,11-13,15,18H,4-5,7-10H2,1-2H3,(H,25,26)(H,27,29,34)/t15-,18+/m1/s1/i1D3. The fraction of sp³-hybridized carbons (Fsp3) is 0.417. The number of carbonyl (C=O) groups excluding carboxylic acids is 1. The van der Waals surface area contributed by atoms with E-state index in [1.54, 1.807) is 17.7 Å². The van der Waals surface area contributed by atoms with Gasteiger partial charge in [-0.3, -0.25) is 4.79 Å². The number of aromatic nitrogens is 6. The summed E-state index contributed by atoms with van der Waals surface area (Å²) in [4.78, 5) is 24.0. The number of nitrogens with zero attached hydrogens (tertiary/aromatic N) is 7. The van der Waals surface area contributed by atoms with E-state index < -0.39 is 6.98 Å². The average molecular weight is 493 g/mol. The second kappa shape index (κ2) is 9.28. The lowest BCUT2D eigenvalue weighted by Gasteiger charge is -2.33. The van der Waals surface area contributed by atoms with Crippen LogP contribution in [0.25, 0.3) is 27.9 Å². The molecule has 2 fully saturated rings. The molecule has 36 heavy (non-hydrogen) atoms. The Balaban J connectivity index is 1.39. The van der Waals surface area contributed by atoms with E-state index in [4.69, 9.17) is 13.6 Å². The van der Waals surface area contributed by atoms with Gasteiger partial charge in [-0.2, -0.15) is 0 Å². The highest BCUT2D eigenvalue weighted by Gasteiger charge is 2.37. The second-order valence-corrected chi connectivity index (χ2v) is 8.81. The van der Waals surface area contributed by atoms with Gasteiger partial charge in [-0.15, -0.1) is 15.3 Å². The van der Waals surface area contributed by atoms with Crippen LogP contribution in [0.2, 0.25) is 0 Å². The molecule has 12 nitrogen and oxygen atoms in total. The van der Waals surface area contributed by atoms with Crippen molar-refractivity contribution >= 4 is 39.8 Å². The lowest BCUT2D eigenvalue weighted by atomic mass is 9.81. The molecule has 0 aromatic carbocycles. The maximum absolute atomic E-state index is 12.8. The Labute approximate surface area is 211 Å². The van der Waals surface area contributed by atoms with E-state index in [1.807, 2.05) is 18.3 Å². The number of fused-ring (bicyclic) bond motifs is 2. The largest absolute Gasteiger partial charge is 0.381 e. The molecule has 1 saturated carbocycles. The molecule has 5 heterocycles. The average Bonchev–Trinajstić information content (AvgIpc) is 3.31. The van der Waals surface area contributed by atoms with Gasteiger partial charge in [0, 0.05) is 48.4 Å². The maximum atomic E-state index is 12.8. The van der Waals surface area contributed by atoms with Gasteiger partial charge in [-0.1, -0.05) is 0 Å². The number of hydrogen-bond acceptors (Lipinski definition) is 10. The van der Waals surface area contributed by atoms with E-state index in [0.29, 0.717) is 35.6 Å². The van der Waals surface area contributed by atoms with Crippen molar-refractivity contribution in [2.24, 2.45) is 5.92 Å². The summed E-state index contributed by atoms with van der Waals surface area (Å²) in [5.41, 5.74) is 2.36. The van der Waals surface area contributed by atoms with Gasteiger partial charge in [0.2, 0.25) is 5.91 Å². The first-order valence-electron chi connectivity index (χ1n) is 13.3. The summed E-state index contributed by atoms with van der Waals surface area (Å²) in [7, 11) is 1.59. The van der Waals surface area contributed by atoms with Crippen LogP contribution in [0.1, 0.15) is 17.0 Å². The minimum atomic E-state index is -2.49. The van der Waals surface area contributed by atoms with Crippen LogP contribution in [-0.4, -0.2) is 82.2 Å². The van der Waals surface area contributed by atoms with Crippen LogP contribution in [0, 0.1) is 5.92 Å². The highest BCUT2D eigenvalue weighted by atomic mass is 16.5. The van der Waals surface area contributed by atoms with Crippen molar-refractivity contribution in [3.63, 3.8) is 0 Å². The molecule has 12 heteroatoms. The number of hydrogen-bond donors (Lipinski definition) is 2. The normalized spacial score (nSPS) is 21.5. The van der Waals surface area contributed by atoms with Crippen molar-refractivity contribution in [3.8, 4) is 11.4 Å². The Kier molecular flexibility index (Phi) is 4.98. The van der Waals surface area contributed by atoms with Crippen LogP contribution >= 0.6 is 0 Å². The summed E-state index contributed by atoms with van der Waals surface area (Å²) >= 11 is 0. The molecule has 1 amide bonds. The fourth-order valence-corrected chi connectivity index (χ4v) is 4.63. The Morgan fingerprint density at radius 2 is 2.14 bits per heavy atom. The van der Waals surface area contributed by atoms with Crippen LogP contribution in [-0.2, 0) is 14.3 Å². The number of amides is 1. The molecule has 4 aromatic rings. The quantitative estimate of drug-likeness (QED) is 0.412. The molecular formula is C24H27N9O3. The molecule has 0 radical (unpaired) electrons. The van der Waals surface area contributed by atoms with Crippen molar-refractivity contribution in [2.75, 3.05) is 55.9 Å². The minimum absolute atomic E-state index is 0.0379. The third-order valence-electron chi connectivity index (χ3n) is 6.78. The van der Waals surface area contributed by atoms with Gasteiger partial charge in [0.25, 0.3) is 0 Å². The van der Waals surface area contributed by atoms with Crippen LogP contribution < -0.4 is 15.5 Å². The van der Waals surface area contributed by atoms with Crippen molar-refractivity contribution in [2.45, 2.75) is 18.9 Å². The van der Waals surface area contributed by atoms with Gasteiger partial charge >= 0.3 is 0 Å². The number of rotatable bonds is 6. The van der Waals surface area contributed by atoms with E-state index >= 15 is 0 Å². The van der Waals surface area contributed by atoms with E-state index in [1.165, 1.54) is 6.20 Å². The summed E-state index contributed by atoms with van der Waals surface area (Å²) in [6.45, 7) is 0.424. The summed E-state index contributed by atoms with van der Waals surface area (Å²) in [6.07, 6.45) is 4.83. The van der Waals surface area contributed by atoms with E-state index in [2.05, 4.69) is 40.8 Å². The molecule has 2 aliphatic rings. The SMILES string of the molecule is [2H]C([2H])([2H])Nc1ncc(-c2nc3ccc(N4CCOCC4)cn3n2)c2cc(NC(=O)[C@@H]3CC[C@@H]3OC)nnc12. The first kappa shape index (κ1) is 19.3.